The van der Waals surface area contributed by atoms with E-state index in [1.54, 1.807) is 31.4 Å². The maximum Gasteiger partial charge on any atom is 0.166 e. The summed E-state index contributed by atoms with van der Waals surface area (Å²) in [7, 11) is 1.55. The minimum absolute atomic E-state index is 0.218. The molecular formula is C28H36F2O. The van der Waals surface area contributed by atoms with Crippen molar-refractivity contribution in [3.63, 3.8) is 0 Å². The van der Waals surface area contributed by atoms with Gasteiger partial charge in [-0.2, -0.15) is 0 Å². The lowest BCUT2D eigenvalue weighted by atomic mass is 9.77. The summed E-state index contributed by atoms with van der Waals surface area (Å²) < 4.78 is 34.3. The molecule has 0 atom stereocenters. The molecule has 0 N–H and O–H groups in total. The lowest BCUT2D eigenvalue weighted by Crippen LogP contribution is -2.13. The summed E-state index contributed by atoms with van der Waals surface area (Å²) in [5.41, 5.74) is 1.76. The average Bonchev–Trinajstić information content (AvgIpc) is 2.83. The molecule has 1 aliphatic carbocycles. The zero-order valence-corrected chi connectivity index (χ0v) is 19.0. The minimum atomic E-state index is -0.838. The summed E-state index contributed by atoms with van der Waals surface area (Å²) >= 11 is 0. The fourth-order valence-corrected chi connectivity index (χ4v) is 4.71. The monoisotopic (exact) mass is 426 g/mol. The summed E-state index contributed by atoms with van der Waals surface area (Å²) in [6.07, 6.45) is 13.2. The van der Waals surface area contributed by atoms with Gasteiger partial charge in [0.15, 0.2) is 11.7 Å². The Hall–Kier alpha value is -2.16. The first-order valence-corrected chi connectivity index (χ1v) is 11.9. The smallest absolute Gasteiger partial charge is 0.166 e. The molecule has 0 aromatic heterocycles. The zero-order chi connectivity index (χ0) is 22.1. The van der Waals surface area contributed by atoms with Gasteiger partial charge < -0.3 is 4.74 Å². The van der Waals surface area contributed by atoms with Crippen LogP contribution in [0.4, 0.5) is 8.78 Å². The second kappa shape index (κ2) is 12.0. The van der Waals surface area contributed by atoms with Crippen molar-refractivity contribution in [2.75, 3.05) is 7.11 Å². The van der Waals surface area contributed by atoms with Crippen molar-refractivity contribution >= 4 is 11.7 Å². The summed E-state index contributed by atoms with van der Waals surface area (Å²) in [6.45, 7) is 2.26. The molecule has 168 valence electrons. The fraction of sp³-hybridized carbons (Fsp3) is 0.500. The molecule has 3 heteroatoms. The van der Waals surface area contributed by atoms with Crippen LogP contribution in [0.5, 0.6) is 5.75 Å². The fourth-order valence-electron chi connectivity index (χ4n) is 4.71. The number of hydrogen-bond donors (Lipinski definition) is 0. The first-order chi connectivity index (χ1) is 15.1. The molecule has 0 bridgehead atoms. The van der Waals surface area contributed by atoms with Crippen LogP contribution in [0.1, 0.15) is 93.7 Å². The van der Waals surface area contributed by atoms with E-state index in [-0.39, 0.29) is 11.1 Å². The summed E-state index contributed by atoms with van der Waals surface area (Å²) in [6, 6.07) is 13.7. The van der Waals surface area contributed by atoms with E-state index in [4.69, 9.17) is 4.74 Å². The van der Waals surface area contributed by atoms with Crippen LogP contribution in [-0.4, -0.2) is 7.11 Å². The highest BCUT2D eigenvalue weighted by atomic mass is 19.2. The molecule has 0 radical (unpaired) electrons. The van der Waals surface area contributed by atoms with Gasteiger partial charge in [0.25, 0.3) is 0 Å². The molecule has 0 amide bonds. The normalized spacial score (nSPS) is 19.7. The number of benzene rings is 2. The number of unbranched alkanes of at least 4 members (excludes halogenated alkanes) is 4. The van der Waals surface area contributed by atoms with Gasteiger partial charge in [-0.3, -0.25) is 0 Å². The highest BCUT2D eigenvalue weighted by Gasteiger charge is 2.22. The van der Waals surface area contributed by atoms with Crippen molar-refractivity contribution in [3.05, 3.63) is 65.2 Å². The Morgan fingerprint density at radius 2 is 1.32 bits per heavy atom. The third-order valence-electron chi connectivity index (χ3n) is 6.73. The topological polar surface area (TPSA) is 9.23 Å². The molecule has 1 nitrogen and oxygen atoms in total. The van der Waals surface area contributed by atoms with Crippen LogP contribution in [0.3, 0.4) is 0 Å². The van der Waals surface area contributed by atoms with Crippen molar-refractivity contribution in [2.24, 2.45) is 5.92 Å². The van der Waals surface area contributed by atoms with Crippen molar-refractivity contribution < 1.29 is 13.5 Å². The van der Waals surface area contributed by atoms with E-state index < -0.39 is 11.7 Å². The Morgan fingerprint density at radius 3 is 1.87 bits per heavy atom. The van der Waals surface area contributed by atoms with Gasteiger partial charge in [-0.25, -0.2) is 8.78 Å². The van der Waals surface area contributed by atoms with Crippen LogP contribution < -0.4 is 4.74 Å². The van der Waals surface area contributed by atoms with Gasteiger partial charge in [0, 0.05) is 11.1 Å². The second-order valence-electron chi connectivity index (χ2n) is 8.90. The Balaban J connectivity index is 1.54. The Bertz CT molecular complexity index is 815. The Morgan fingerprint density at radius 1 is 0.774 bits per heavy atom. The van der Waals surface area contributed by atoms with E-state index >= 15 is 0 Å². The van der Waals surface area contributed by atoms with Crippen molar-refractivity contribution in [2.45, 2.75) is 77.0 Å². The summed E-state index contributed by atoms with van der Waals surface area (Å²) in [5, 5.41) is 0. The highest BCUT2D eigenvalue weighted by molar-refractivity contribution is 5.83. The van der Waals surface area contributed by atoms with Gasteiger partial charge in [-0.05, 0) is 67.3 Å². The maximum absolute atomic E-state index is 14.7. The number of methoxy groups -OCH3 is 1. The zero-order valence-electron chi connectivity index (χ0n) is 19.0. The highest BCUT2D eigenvalue weighted by Crippen LogP contribution is 2.38. The number of ether oxygens (including phenoxy) is 1. The molecule has 2 aromatic rings. The minimum Gasteiger partial charge on any atom is -0.497 e. The van der Waals surface area contributed by atoms with Gasteiger partial charge in [0.05, 0.1) is 7.11 Å². The quantitative estimate of drug-likeness (QED) is 0.272. The first-order valence-electron chi connectivity index (χ1n) is 11.9. The van der Waals surface area contributed by atoms with Gasteiger partial charge in [0.1, 0.15) is 5.75 Å². The lowest BCUT2D eigenvalue weighted by Gasteiger charge is -2.29. The number of halogens is 2. The molecule has 0 aliphatic heterocycles. The molecule has 3 rings (SSSR count). The van der Waals surface area contributed by atoms with Crippen LogP contribution in [0, 0.1) is 5.92 Å². The third kappa shape index (κ3) is 6.66. The lowest BCUT2D eigenvalue weighted by molar-refractivity contribution is 0.302. The van der Waals surface area contributed by atoms with Gasteiger partial charge in [0.2, 0.25) is 0 Å². The predicted octanol–water partition coefficient (Wildman–Crippen LogP) is 9.09. The van der Waals surface area contributed by atoms with Crippen LogP contribution in [0.15, 0.2) is 48.5 Å². The first kappa shape index (κ1) is 23.5. The SMILES string of the molecule is CCCCCCCC1CCC(c2ccc(/C(F)=C(\F)c3ccc(OC)cc3)cc2)CC1. The molecule has 31 heavy (non-hydrogen) atoms. The Labute approximate surface area is 186 Å². The standard InChI is InChI=1S/C28H36F2O/c1-3-4-5-6-7-8-21-9-11-22(12-10-21)23-13-15-24(16-14-23)27(29)28(30)25-17-19-26(31-2)20-18-25/h13-22H,3-12H2,1-2H3/b28-27+. The Kier molecular flexibility index (Phi) is 9.12. The third-order valence-corrected chi connectivity index (χ3v) is 6.73. The van der Waals surface area contributed by atoms with Crippen LogP contribution in [0.2, 0.25) is 0 Å². The second-order valence-corrected chi connectivity index (χ2v) is 8.90. The molecule has 0 heterocycles. The predicted molar refractivity (Wildman–Crippen MR) is 127 cm³/mol. The van der Waals surface area contributed by atoms with E-state index in [1.165, 1.54) is 81.9 Å². The molecule has 2 aromatic carbocycles. The summed E-state index contributed by atoms with van der Waals surface area (Å²) in [4.78, 5) is 0. The van der Waals surface area contributed by atoms with Crippen molar-refractivity contribution in [1.82, 2.24) is 0 Å². The van der Waals surface area contributed by atoms with E-state index in [0.29, 0.717) is 11.7 Å². The van der Waals surface area contributed by atoms with E-state index in [0.717, 1.165) is 5.92 Å². The van der Waals surface area contributed by atoms with Crippen molar-refractivity contribution in [3.8, 4) is 5.75 Å². The molecule has 1 saturated carbocycles. The van der Waals surface area contributed by atoms with E-state index in [9.17, 15) is 8.78 Å². The van der Waals surface area contributed by atoms with Gasteiger partial charge in [-0.1, -0.05) is 69.7 Å². The van der Waals surface area contributed by atoms with Crippen LogP contribution >= 0.6 is 0 Å². The number of hydrogen-bond acceptors (Lipinski definition) is 1. The molecule has 0 spiro atoms. The molecule has 0 unspecified atom stereocenters. The van der Waals surface area contributed by atoms with Crippen LogP contribution in [0.25, 0.3) is 11.7 Å². The van der Waals surface area contributed by atoms with Gasteiger partial charge in [-0.15, -0.1) is 0 Å². The average molecular weight is 427 g/mol. The molecule has 1 fully saturated rings. The maximum atomic E-state index is 14.7. The van der Waals surface area contributed by atoms with Crippen LogP contribution in [-0.2, 0) is 0 Å². The van der Waals surface area contributed by atoms with Gasteiger partial charge >= 0.3 is 0 Å². The summed E-state index contributed by atoms with van der Waals surface area (Å²) in [5.74, 6) is 0.380. The molecule has 1 aliphatic rings. The number of rotatable bonds is 10. The largest absolute Gasteiger partial charge is 0.497 e. The molecule has 0 saturated heterocycles. The van der Waals surface area contributed by atoms with E-state index in [2.05, 4.69) is 6.92 Å². The molecular weight excluding hydrogens is 390 g/mol. The van der Waals surface area contributed by atoms with E-state index in [1.807, 2.05) is 12.1 Å². The van der Waals surface area contributed by atoms with Crippen molar-refractivity contribution in [1.29, 1.82) is 0 Å².